The third-order valence-corrected chi connectivity index (χ3v) is 4.96. The lowest BCUT2D eigenvalue weighted by molar-refractivity contribution is 0.0946. The van der Waals surface area contributed by atoms with E-state index in [4.69, 9.17) is 0 Å². The summed E-state index contributed by atoms with van der Waals surface area (Å²) in [6, 6.07) is 11.9. The van der Waals surface area contributed by atoms with Gasteiger partial charge in [0, 0.05) is 24.0 Å². The fourth-order valence-electron chi connectivity index (χ4n) is 3.50. The van der Waals surface area contributed by atoms with Crippen molar-refractivity contribution >= 4 is 16.8 Å². The van der Waals surface area contributed by atoms with E-state index in [9.17, 15) is 4.79 Å². The number of para-hydroxylation sites is 1. The van der Waals surface area contributed by atoms with Crippen LogP contribution in [0.5, 0.6) is 0 Å². The average Bonchev–Trinajstić information content (AvgIpc) is 3.27. The summed E-state index contributed by atoms with van der Waals surface area (Å²) >= 11 is 0. The van der Waals surface area contributed by atoms with Crippen LogP contribution in [0.1, 0.15) is 41.6 Å². The van der Waals surface area contributed by atoms with Crippen molar-refractivity contribution in [3.8, 4) is 0 Å². The first kappa shape index (κ1) is 16.8. The van der Waals surface area contributed by atoms with Gasteiger partial charge >= 0.3 is 0 Å². The first-order valence-electron chi connectivity index (χ1n) is 9.37. The summed E-state index contributed by atoms with van der Waals surface area (Å²) in [4.78, 5) is 18.1. The molecule has 0 radical (unpaired) electrons. The van der Waals surface area contributed by atoms with Gasteiger partial charge in [-0.25, -0.2) is 0 Å². The summed E-state index contributed by atoms with van der Waals surface area (Å²) in [5.41, 5.74) is 3.72. The Morgan fingerprint density at radius 3 is 3.00 bits per heavy atom. The number of H-pyrrole nitrogens is 1. The van der Waals surface area contributed by atoms with Gasteiger partial charge in [-0.05, 0) is 31.2 Å². The fraction of sp³-hybridized carbons (Fsp3) is 0.400. The van der Waals surface area contributed by atoms with E-state index in [0.717, 1.165) is 42.8 Å². The van der Waals surface area contributed by atoms with E-state index < -0.39 is 0 Å². The molecule has 0 saturated carbocycles. The summed E-state index contributed by atoms with van der Waals surface area (Å²) in [5.74, 6) is -0.100. The highest BCUT2D eigenvalue weighted by atomic mass is 16.1. The Morgan fingerprint density at radius 1 is 1.27 bits per heavy atom. The van der Waals surface area contributed by atoms with Gasteiger partial charge in [0.05, 0.1) is 24.5 Å². The quantitative estimate of drug-likeness (QED) is 0.718. The first-order chi connectivity index (χ1) is 12.7. The molecule has 0 saturated heterocycles. The van der Waals surface area contributed by atoms with Gasteiger partial charge in [-0.1, -0.05) is 31.5 Å². The van der Waals surface area contributed by atoms with E-state index in [-0.39, 0.29) is 5.91 Å². The number of unbranched alkanes of at least 4 members (excludes halogenated alkanes) is 1. The van der Waals surface area contributed by atoms with Crippen molar-refractivity contribution in [2.24, 2.45) is 0 Å². The third-order valence-electron chi connectivity index (χ3n) is 4.96. The smallest absolute Gasteiger partial charge is 0.268 e. The standard InChI is InChI=1S/C20H25N5O/c1-2-3-8-24-9-10-25-17(14-24)12-16(23-25)13-21-20(26)19-11-15-6-4-5-7-18(15)22-19/h4-7,11-12,22H,2-3,8-10,13-14H2,1H3,(H,21,26). The number of carbonyl (C=O) groups is 1. The molecule has 26 heavy (non-hydrogen) atoms. The van der Waals surface area contributed by atoms with Gasteiger partial charge in [0.15, 0.2) is 0 Å². The van der Waals surface area contributed by atoms with Crippen LogP contribution in [0.25, 0.3) is 10.9 Å². The van der Waals surface area contributed by atoms with Gasteiger partial charge in [0.2, 0.25) is 0 Å². The molecule has 1 aromatic carbocycles. The lowest BCUT2D eigenvalue weighted by Gasteiger charge is -2.27. The lowest BCUT2D eigenvalue weighted by Crippen LogP contribution is -2.34. The maximum atomic E-state index is 12.4. The Hall–Kier alpha value is -2.60. The number of amides is 1. The Labute approximate surface area is 153 Å². The summed E-state index contributed by atoms with van der Waals surface area (Å²) in [6.45, 7) is 6.74. The van der Waals surface area contributed by atoms with Crippen LogP contribution in [-0.2, 0) is 19.6 Å². The van der Waals surface area contributed by atoms with E-state index in [0.29, 0.717) is 12.2 Å². The van der Waals surface area contributed by atoms with Gasteiger partial charge in [-0.3, -0.25) is 14.4 Å². The zero-order valence-electron chi connectivity index (χ0n) is 15.2. The van der Waals surface area contributed by atoms with Crippen LogP contribution < -0.4 is 5.32 Å². The van der Waals surface area contributed by atoms with E-state index in [1.54, 1.807) is 0 Å². The molecule has 2 N–H and O–H groups in total. The van der Waals surface area contributed by atoms with Crippen LogP contribution >= 0.6 is 0 Å². The van der Waals surface area contributed by atoms with Crippen molar-refractivity contribution in [2.75, 3.05) is 13.1 Å². The van der Waals surface area contributed by atoms with E-state index in [2.05, 4.69) is 38.0 Å². The van der Waals surface area contributed by atoms with Gasteiger partial charge < -0.3 is 10.3 Å². The highest BCUT2D eigenvalue weighted by molar-refractivity contribution is 5.97. The van der Waals surface area contributed by atoms with Gasteiger partial charge in [0.25, 0.3) is 5.91 Å². The predicted molar refractivity (Wildman–Crippen MR) is 102 cm³/mol. The first-order valence-corrected chi connectivity index (χ1v) is 9.37. The van der Waals surface area contributed by atoms with Crippen LogP contribution in [0, 0.1) is 0 Å². The molecule has 0 fully saturated rings. The number of fused-ring (bicyclic) bond motifs is 2. The van der Waals surface area contributed by atoms with E-state index >= 15 is 0 Å². The number of nitrogens with zero attached hydrogens (tertiary/aromatic N) is 3. The minimum absolute atomic E-state index is 0.100. The molecule has 0 aliphatic carbocycles. The molecule has 3 aromatic rings. The molecule has 6 heteroatoms. The highest BCUT2D eigenvalue weighted by Crippen LogP contribution is 2.16. The van der Waals surface area contributed by atoms with Crippen LogP contribution in [-0.4, -0.2) is 38.7 Å². The number of aromatic nitrogens is 3. The molecular weight excluding hydrogens is 326 g/mol. The molecule has 0 atom stereocenters. The molecule has 1 aliphatic heterocycles. The van der Waals surface area contributed by atoms with Crippen molar-refractivity contribution in [2.45, 2.75) is 39.4 Å². The Kier molecular flexibility index (Phi) is 4.75. The van der Waals surface area contributed by atoms with Crippen molar-refractivity contribution in [3.63, 3.8) is 0 Å². The minimum atomic E-state index is -0.100. The summed E-state index contributed by atoms with van der Waals surface area (Å²) in [6.07, 6.45) is 2.46. The topological polar surface area (TPSA) is 66.0 Å². The largest absolute Gasteiger partial charge is 0.351 e. The SMILES string of the molecule is CCCCN1CCn2nc(CNC(=O)c3cc4ccccc4[nH]3)cc2C1. The highest BCUT2D eigenvalue weighted by Gasteiger charge is 2.18. The molecule has 1 aliphatic rings. The van der Waals surface area contributed by atoms with E-state index in [1.165, 1.54) is 18.5 Å². The molecule has 4 rings (SSSR count). The number of hydrogen-bond acceptors (Lipinski definition) is 3. The molecule has 0 bridgehead atoms. The zero-order chi connectivity index (χ0) is 17.9. The number of nitrogens with one attached hydrogen (secondary N) is 2. The average molecular weight is 351 g/mol. The van der Waals surface area contributed by atoms with Crippen LogP contribution in [0.2, 0.25) is 0 Å². The second-order valence-corrected chi connectivity index (χ2v) is 6.93. The summed E-state index contributed by atoms with van der Waals surface area (Å²) < 4.78 is 2.08. The maximum absolute atomic E-state index is 12.4. The van der Waals surface area contributed by atoms with Crippen molar-refractivity contribution < 1.29 is 4.79 Å². The third kappa shape index (κ3) is 3.51. The second kappa shape index (κ2) is 7.33. The number of aromatic amines is 1. The zero-order valence-corrected chi connectivity index (χ0v) is 15.2. The minimum Gasteiger partial charge on any atom is -0.351 e. The van der Waals surface area contributed by atoms with Gasteiger partial charge in [-0.15, -0.1) is 0 Å². The number of benzene rings is 1. The fourth-order valence-corrected chi connectivity index (χ4v) is 3.50. The van der Waals surface area contributed by atoms with Crippen molar-refractivity contribution in [3.05, 3.63) is 53.5 Å². The summed E-state index contributed by atoms with van der Waals surface area (Å²) in [7, 11) is 0. The predicted octanol–water partition coefficient (Wildman–Crippen LogP) is 2.91. The van der Waals surface area contributed by atoms with Crippen LogP contribution in [0.15, 0.2) is 36.4 Å². The molecule has 3 heterocycles. The molecule has 0 spiro atoms. The van der Waals surface area contributed by atoms with Crippen molar-refractivity contribution in [1.29, 1.82) is 0 Å². The monoisotopic (exact) mass is 351 g/mol. The molecular formula is C20H25N5O. The lowest BCUT2D eigenvalue weighted by atomic mass is 10.2. The van der Waals surface area contributed by atoms with Gasteiger partial charge in [-0.2, -0.15) is 5.10 Å². The molecule has 2 aromatic heterocycles. The normalized spacial score (nSPS) is 14.5. The maximum Gasteiger partial charge on any atom is 0.268 e. The number of rotatable bonds is 6. The Balaban J connectivity index is 1.38. The Morgan fingerprint density at radius 2 is 2.15 bits per heavy atom. The van der Waals surface area contributed by atoms with Crippen LogP contribution in [0.3, 0.4) is 0 Å². The molecule has 136 valence electrons. The van der Waals surface area contributed by atoms with Gasteiger partial charge in [0.1, 0.15) is 5.69 Å². The van der Waals surface area contributed by atoms with Crippen LogP contribution in [0.4, 0.5) is 0 Å². The molecule has 1 amide bonds. The Bertz CT molecular complexity index is 877. The van der Waals surface area contributed by atoms with Crippen molar-refractivity contribution in [1.82, 2.24) is 25.0 Å². The number of hydrogen-bond donors (Lipinski definition) is 2. The summed E-state index contributed by atoms with van der Waals surface area (Å²) in [5, 5.41) is 8.65. The molecule has 6 nitrogen and oxygen atoms in total. The van der Waals surface area contributed by atoms with E-state index in [1.807, 2.05) is 30.3 Å². The molecule has 0 unspecified atom stereocenters. The number of carbonyl (C=O) groups excluding carboxylic acids is 1. The second-order valence-electron chi connectivity index (χ2n) is 6.93.